The molecule has 0 radical (unpaired) electrons. The maximum atomic E-state index is 13.3. The van der Waals surface area contributed by atoms with Gasteiger partial charge in [-0.2, -0.15) is 0 Å². The van der Waals surface area contributed by atoms with E-state index in [1.54, 1.807) is 23.9 Å². The molecule has 0 unspecified atom stereocenters. The lowest BCUT2D eigenvalue weighted by Crippen LogP contribution is -2.13. The number of carbonyl (C=O) groups excluding carboxylic acids is 1. The zero-order valence-electron chi connectivity index (χ0n) is 15.1. The van der Waals surface area contributed by atoms with E-state index in [-0.39, 0.29) is 11.7 Å². The van der Waals surface area contributed by atoms with E-state index in [4.69, 9.17) is 0 Å². The Labute approximate surface area is 170 Å². The predicted octanol–water partition coefficient (Wildman–Crippen LogP) is 6.32. The number of benzene rings is 2. The zero-order chi connectivity index (χ0) is 19.5. The average Bonchev–Trinajstić information content (AvgIpc) is 3.38. The molecule has 2 aromatic heterocycles. The number of hydrogen-bond acceptors (Lipinski definition) is 3. The number of hydrogen-bond donors (Lipinski definition) is 1. The van der Waals surface area contributed by atoms with Crippen LogP contribution in [-0.4, -0.2) is 16.7 Å². The molecule has 0 spiro atoms. The van der Waals surface area contributed by atoms with Crippen LogP contribution in [0.1, 0.15) is 9.67 Å². The highest BCUT2D eigenvalue weighted by Gasteiger charge is 2.20. The summed E-state index contributed by atoms with van der Waals surface area (Å²) in [5.41, 5.74) is 3.31. The van der Waals surface area contributed by atoms with Crippen LogP contribution in [0.4, 0.5) is 10.1 Å². The third kappa shape index (κ3) is 3.74. The standard InChI is InChI=1S/C22H17FN2OS2/c1-27-18-6-4-5-17(13-18)24-22(26)21-20(25-11-2-3-12-25)19(14-28-21)15-7-9-16(23)10-8-15/h2-14H,1H3,(H,24,26). The molecule has 0 fully saturated rings. The number of nitrogens with zero attached hydrogens (tertiary/aromatic N) is 1. The van der Waals surface area contributed by atoms with Crippen molar-refractivity contribution in [3.63, 3.8) is 0 Å². The molecular weight excluding hydrogens is 391 g/mol. The van der Waals surface area contributed by atoms with Gasteiger partial charge in [0.2, 0.25) is 0 Å². The van der Waals surface area contributed by atoms with Crippen molar-refractivity contribution in [1.82, 2.24) is 4.57 Å². The SMILES string of the molecule is CSc1cccc(NC(=O)c2scc(-c3ccc(F)cc3)c2-n2cccc2)c1. The topological polar surface area (TPSA) is 34.0 Å². The third-order valence-corrected chi connectivity index (χ3v) is 6.01. The third-order valence-electron chi connectivity index (χ3n) is 4.32. The summed E-state index contributed by atoms with van der Waals surface area (Å²) < 4.78 is 15.3. The molecule has 0 saturated heterocycles. The fourth-order valence-electron chi connectivity index (χ4n) is 2.98. The van der Waals surface area contributed by atoms with Gasteiger partial charge in [0.05, 0.1) is 5.69 Å². The number of halogens is 1. The van der Waals surface area contributed by atoms with Crippen LogP contribution in [0.2, 0.25) is 0 Å². The van der Waals surface area contributed by atoms with E-state index in [0.717, 1.165) is 27.4 Å². The number of aromatic nitrogens is 1. The number of thiophene rings is 1. The lowest BCUT2D eigenvalue weighted by molar-refractivity contribution is 0.103. The fraction of sp³-hybridized carbons (Fsp3) is 0.0455. The summed E-state index contributed by atoms with van der Waals surface area (Å²) in [5, 5.41) is 4.93. The molecule has 0 aliphatic heterocycles. The minimum Gasteiger partial charge on any atom is -0.322 e. The first-order chi connectivity index (χ1) is 13.7. The summed E-state index contributed by atoms with van der Waals surface area (Å²) >= 11 is 3.01. The summed E-state index contributed by atoms with van der Waals surface area (Å²) in [6.45, 7) is 0. The molecule has 0 atom stereocenters. The Kier molecular flexibility index (Phi) is 5.32. The van der Waals surface area contributed by atoms with Crippen molar-refractivity contribution in [2.24, 2.45) is 0 Å². The molecule has 2 aromatic carbocycles. The van der Waals surface area contributed by atoms with Crippen LogP contribution in [0.15, 0.2) is 83.3 Å². The van der Waals surface area contributed by atoms with Crippen LogP contribution in [0, 0.1) is 5.82 Å². The van der Waals surface area contributed by atoms with Gasteiger partial charge < -0.3 is 9.88 Å². The van der Waals surface area contributed by atoms with E-state index >= 15 is 0 Å². The molecule has 1 N–H and O–H groups in total. The Hall–Kier alpha value is -2.83. The van der Waals surface area contributed by atoms with E-state index in [0.29, 0.717) is 4.88 Å². The molecule has 2 heterocycles. The predicted molar refractivity (Wildman–Crippen MR) is 115 cm³/mol. The summed E-state index contributed by atoms with van der Waals surface area (Å²) in [6.07, 6.45) is 5.81. The van der Waals surface area contributed by atoms with Crippen molar-refractivity contribution in [3.8, 4) is 16.8 Å². The number of nitrogens with one attached hydrogen (secondary N) is 1. The minimum absolute atomic E-state index is 0.166. The molecule has 4 aromatic rings. The number of carbonyl (C=O) groups is 1. The van der Waals surface area contributed by atoms with E-state index in [2.05, 4.69) is 5.32 Å². The molecule has 0 bridgehead atoms. The van der Waals surface area contributed by atoms with Crippen molar-refractivity contribution in [3.05, 3.63) is 89.1 Å². The van der Waals surface area contributed by atoms with Crippen LogP contribution >= 0.6 is 23.1 Å². The quantitative estimate of drug-likeness (QED) is 0.392. The summed E-state index contributed by atoms with van der Waals surface area (Å²) in [7, 11) is 0. The maximum Gasteiger partial charge on any atom is 0.267 e. The van der Waals surface area contributed by atoms with Crippen molar-refractivity contribution in [1.29, 1.82) is 0 Å². The Balaban J connectivity index is 1.74. The van der Waals surface area contributed by atoms with Gasteiger partial charge in [-0.15, -0.1) is 23.1 Å². The van der Waals surface area contributed by atoms with Gasteiger partial charge >= 0.3 is 0 Å². The van der Waals surface area contributed by atoms with Crippen molar-refractivity contribution in [2.45, 2.75) is 4.90 Å². The molecular formula is C22H17FN2OS2. The Bertz CT molecular complexity index is 1100. The molecule has 28 heavy (non-hydrogen) atoms. The molecule has 0 aliphatic carbocycles. The first-order valence-electron chi connectivity index (χ1n) is 8.62. The van der Waals surface area contributed by atoms with Crippen molar-refractivity contribution in [2.75, 3.05) is 11.6 Å². The van der Waals surface area contributed by atoms with Gasteiger partial charge in [0.15, 0.2) is 0 Å². The molecule has 140 valence electrons. The number of anilines is 1. The second kappa shape index (κ2) is 8.04. The smallest absolute Gasteiger partial charge is 0.267 e. The van der Waals surface area contributed by atoms with Crippen molar-refractivity contribution < 1.29 is 9.18 Å². The highest BCUT2D eigenvalue weighted by atomic mass is 32.2. The average molecular weight is 409 g/mol. The van der Waals surface area contributed by atoms with Crippen LogP contribution in [0.3, 0.4) is 0 Å². The molecule has 0 saturated carbocycles. The Morgan fingerprint density at radius 1 is 1.07 bits per heavy atom. The van der Waals surface area contributed by atoms with Crippen LogP contribution < -0.4 is 5.32 Å². The first-order valence-corrected chi connectivity index (χ1v) is 10.7. The van der Waals surface area contributed by atoms with Gasteiger partial charge in [-0.1, -0.05) is 18.2 Å². The lowest BCUT2D eigenvalue weighted by atomic mass is 10.1. The normalized spacial score (nSPS) is 10.8. The number of amides is 1. The Morgan fingerprint density at radius 2 is 1.82 bits per heavy atom. The van der Waals surface area contributed by atoms with Gasteiger partial charge in [-0.05, 0) is 54.3 Å². The molecule has 4 rings (SSSR count). The van der Waals surface area contributed by atoms with Gasteiger partial charge in [-0.25, -0.2) is 4.39 Å². The minimum atomic E-state index is -0.284. The highest BCUT2D eigenvalue weighted by Crippen LogP contribution is 2.35. The first kappa shape index (κ1) is 18.5. The van der Waals surface area contributed by atoms with E-state index in [1.165, 1.54) is 23.5 Å². The van der Waals surface area contributed by atoms with E-state index < -0.39 is 0 Å². The van der Waals surface area contributed by atoms with Crippen molar-refractivity contribution >= 4 is 34.7 Å². The van der Waals surface area contributed by atoms with Crippen LogP contribution in [-0.2, 0) is 0 Å². The monoisotopic (exact) mass is 408 g/mol. The largest absolute Gasteiger partial charge is 0.322 e. The van der Waals surface area contributed by atoms with Gasteiger partial charge in [0, 0.05) is 33.9 Å². The lowest BCUT2D eigenvalue weighted by Gasteiger charge is -2.11. The number of rotatable bonds is 5. The summed E-state index contributed by atoms with van der Waals surface area (Å²) in [6, 6.07) is 17.9. The fourth-order valence-corrected chi connectivity index (χ4v) is 4.40. The van der Waals surface area contributed by atoms with Gasteiger partial charge in [0.25, 0.3) is 5.91 Å². The second-order valence-corrected chi connectivity index (χ2v) is 7.87. The summed E-state index contributed by atoms with van der Waals surface area (Å²) in [5.74, 6) is -0.451. The van der Waals surface area contributed by atoms with E-state index in [9.17, 15) is 9.18 Å². The van der Waals surface area contributed by atoms with Crippen LogP contribution in [0.25, 0.3) is 16.8 Å². The Morgan fingerprint density at radius 3 is 2.54 bits per heavy atom. The van der Waals surface area contributed by atoms with Gasteiger partial charge in [0.1, 0.15) is 10.7 Å². The number of thioether (sulfide) groups is 1. The second-order valence-electron chi connectivity index (χ2n) is 6.11. The van der Waals surface area contributed by atoms with E-state index in [1.807, 2.05) is 65.0 Å². The molecule has 3 nitrogen and oxygen atoms in total. The maximum absolute atomic E-state index is 13.3. The summed E-state index contributed by atoms with van der Waals surface area (Å²) in [4.78, 5) is 14.7. The molecule has 1 amide bonds. The van der Waals surface area contributed by atoms with Crippen LogP contribution in [0.5, 0.6) is 0 Å². The van der Waals surface area contributed by atoms with Gasteiger partial charge in [-0.3, -0.25) is 4.79 Å². The molecule has 0 aliphatic rings. The zero-order valence-corrected chi connectivity index (χ0v) is 16.7. The molecule has 6 heteroatoms. The highest BCUT2D eigenvalue weighted by molar-refractivity contribution is 7.98.